The summed E-state index contributed by atoms with van der Waals surface area (Å²) in [5.41, 5.74) is 2.29. The van der Waals surface area contributed by atoms with Crippen LogP contribution in [0.4, 0.5) is 0 Å². The Morgan fingerprint density at radius 3 is 2.76 bits per heavy atom. The number of hydrogen-bond donors (Lipinski definition) is 0. The first-order chi connectivity index (χ1) is 8.15. The van der Waals surface area contributed by atoms with Gasteiger partial charge in [0, 0.05) is 40.3 Å². The molecule has 5 heteroatoms. The Morgan fingerprint density at radius 2 is 2.06 bits per heavy atom. The van der Waals surface area contributed by atoms with Crippen molar-refractivity contribution in [3.05, 3.63) is 34.3 Å². The molecule has 0 spiro atoms. The highest BCUT2D eigenvalue weighted by Gasteiger charge is 2.08. The zero-order valence-corrected chi connectivity index (χ0v) is 11.7. The van der Waals surface area contributed by atoms with Gasteiger partial charge >= 0.3 is 0 Å². The minimum Gasteiger partial charge on any atom is -0.349 e. The van der Waals surface area contributed by atoms with E-state index < -0.39 is 0 Å². The molecule has 0 N–H and O–H groups in total. The molecule has 0 unspecified atom stereocenters. The standard InChI is InChI=1S/C12H11IN4/c1-16-6-10(13)9-5-8(3-4-11(9)16)12-14-7-17(2)15-12/h3-7H,1-2H3. The summed E-state index contributed by atoms with van der Waals surface area (Å²) in [5, 5.41) is 5.57. The summed E-state index contributed by atoms with van der Waals surface area (Å²) in [6.45, 7) is 0. The lowest BCUT2D eigenvalue weighted by molar-refractivity contribution is 0.768. The van der Waals surface area contributed by atoms with Gasteiger partial charge in [-0.2, -0.15) is 5.10 Å². The van der Waals surface area contributed by atoms with Crippen LogP contribution in [0.2, 0.25) is 0 Å². The van der Waals surface area contributed by atoms with Crippen LogP contribution in [0.1, 0.15) is 0 Å². The van der Waals surface area contributed by atoms with Crippen LogP contribution in [0, 0.1) is 3.57 Å². The van der Waals surface area contributed by atoms with Crippen molar-refractivity contribution in [2.75, 3.05) is 0 Å². The quantitative estimate of drug-likeness (QED) is 0.640. The van der Waals surface area contributed by atoms with Crippen LogP contribution in [-0.4, -0.2) is 19.3 Å². The van der Waals surface area contributed by atoms with Crippen molar-refractivity contribution in [1.29, 1.82) is 0 Å². The van der Waals surface area contributed by atoms with Crippen molar-refractivity contribution in [1.82, 2.24) is 19.3 Å². The van der Waals surface area contributed by atoms with Gasteiger partial charge in [0.1, 0.15) is 6.33 Å². The van der Waals surface area contributed by atoms with E-state index in [0.29, 0.717) is 0 Å². The van der Waals surface area contributed by atoms with Gasteiger partial charge in [0.15, 0.2) is 5.82 Å². The highest BCUT2D eigenvalue weighted by molar-refractivity contribution is 14.1. The smallest absolute Gasteiger partial charge is 0.181 e. The predicted molar refractivity (Wildman–Crippen MR) is 75.6 cm³/mol. The summed E-state index contributed by atoms with van der Waals surface area (Å²) in [6, 6.07) is 6.32. The van der Waals surface area contributed by atoms with Crippen LogP contribution in [-0.2, 0) is 14.1 Å². The molecule has 0 amide bonds. The second-order valence-electron chi connectivity index (χ2n) is 4.06. The first-order valence-corrected chi connectivity index (χ1v) is 6.33. The average molecular weight is 338 g/mol. The number of rotatable bonds is 1. The fourth-order valence-corrected chi connectivity index (χ4v) is 2.80. The Morgan fingerprint density at radius 1 is 1.24 bits per heavy atom. The van der Waals surface area contributed by atoms with E-state index in [2.05, 4.69) is 68.7 Å². The number of hydrogen-bond acceptors (Lipinski definition) is 2. The molecule has 0 atom stereocenters. The van der Waals surface area contributed by atoms with E-state index in [1.165, 1.54) is 14.5 Å². The van der Waals surface area contributed by atoms with E-state index in [0.717, 1.165) is 11.4 Å². The Kier molecular flexibility index (Phi) is 2.43. The second-order valence-corrected chi connectivity index (χ2v) is 5.22. The van der Waals surface area contributed by atoms with Gasteiger partial charge in [0.05, 0.1) is 0 Å². The normalized spacial score (nSPS) is 11.2. The lowest BCUT2D eigenvalue weighted by Crippen LogP contribution is -1.88. The van der Waals surface area contributed by atoms with Crippen molar-refractivity contribution < 1.29 is 0 Å². The molecule has 0 fully saturated rings. The minimum atomic E-state index is 0.772. The number of halogens is 1. The summed E-state index contributed by atoms with van der Waals surface area (Å²) in [6.07, 6.45) is 3.84. The molecular formula is C12H11IN4. The Labute approximate surface area is 112 Å². The van der Waals surface area contributed by atoms with Gasteiger partial charge < -0.3 is 4.57 Å². The molecule has 0 bridgehead atoms. The molecule has 3 rings (SSSR count). The van der Waals surface area contributed by atoms with Crippen molar-refractivity contribution in [3.8, 4) is 11.4 Å². The molecule has 2 heterocycles. The molecule has 86 valence electrons. The van der Waals surface area contributed by atoms with Crippen molar-refractivity contribution in [2.24, 2.45) is 14.1 Å². The molecule has 0 saturated heterocycles. The lowest BCUT2D eigenvalue weighted by Gasteiger charge is -1.98. The van der Waals surface area contributed by atoms with Gasteiger partial charge in [-0.25, -0.2) is 4.98 Å². The molecular weight excluding hydrogens is 327 g/mol. The van der Waals surface area contributed by atoms with Crippen molar-refractivity contribution >= 4 is 33.5 Å². The lowest BCUT2D eigenvalue weighted by atomic mass is 10.1. The summed E-state index contributed by atoms with van der Waals surface area (Å²) in [4.78, 5) is 4.27. The zero-order chi connectivity index (χ0) is 12.0. The van der Waals surface area contributed by atoms with Gasteiger partial charge in [-0.1, -0.05) is 0 Å². The number of nitrogens with zero attached hydrogens (tertiary/aromatic N) is 4. The fraction of sp³-hybridized carbons (Fsp3) is 0.167. The molecule has 1 aromatic carbocycles. The largest absolute Gasteiger partial charge is 0.349 e. The summed E-state index contributed by atoms with van der Waals surface area (Å²) >= 11 is 2.35. The van der Waals surface area contributed by atoms with E-state index in [1.54, 1.807) is 11.0 Å². The Hall–Kier alpha value is -1.37. The van der Waals surface area contributed by atoms with Crippen LogP contribution in [0.3, 0.4) is 0 Å². The first kappa shape index (κ1) is 10.8. The molecule has 4 nitrogen and oxygen atoms in total. The maximum Gasteiger partial charge on any atom is 0.181 e. The SMILES string of the molecule is Cn1cnc(-c2ccc3c(c2)c(I)cn3C)n1. The third-order valence-electron chi connectivity index (χ3n) is 2.80. The van der Waals surface area contributed by atoms with Crippen molar-refractivity contribution in [2.45, 2.75) is 0 Å². The highest BCUT2D eigenvalue weighted by Crippen LogP contribution is 2.26. The van der Waals surface area contributed by atoms with E-state index in [4.69, 9.17) is 0 Å². The molecule has 0 aliphatic heterocycles. The van der Waals surface area contributed by atoms with Crippen LogP contribution in [0.25, 0.3) is 22.3 Å². The molecule has 2 aromatic heterocycles. The van der Waals surface area contributed by atoms with Crippen LogP contribution in [0.15, 0.2) is 30.7 Å². The molecule has 0 saturated carbocycles. The monoisotopic (exact) mass is 338 g/mol. The minimum absolute atomic E-state index is 0.772. The Balaban J connectivity index is 2.22. The van der Waals surface area contributed by atoms with E-state index >= 15 is 0 Å². The molecule has 3 aromatic rings. The fourth-order valence-electron chi connectivity index (χ4n) is 1.95. The summed E-state index contributed by atoms with van der Waals surface area (Å²) in [7, 11) is 3.94. The molecule has 0 aliphatic rings. The highest BCUT2D eigenvalue weighted by atomic mass is 127. The van der Waals surface area contributed by atoms with Gasteiger partial charge in [0.25, 0.3) is 0 Å². The number of benzene rings is 1. The second kappa shape index (κ2) is 3.83. The number of fused-ring (bicyclic) bond motifs is 1. The summed E-state index contributed by atoms with van der Waals surface area (Å²) in [5.74, 6) is 0.772. The summed E-state index contributed by atoms with van der Waals surface area (Å²) < 4.78 is 5.10. The van der Waals surface area contributed by atoms with Crippen molar-refractivity contribution in [3.63, 3.8) is 0 Å². The van der Waals surface area contributed by atoms with Gasteiger partial charge in [-0.05, 0) is 40.8 Å². The van der Waals surface area contributed by atoms with Gasteiger partial charge in [-0.3, -0.25) is 4.68 Å². The van der Waals surface area contributed by atoms with E-state index in [-0.39, 0.29) is 0 Å². The third kappa shape index (κ3) is 1.74. The van der Waals surface area contributed by atoms with Crippen LogP contribution >= 0.6 is 22.6 Å². The number of aromatic nitrogens is 4. The average Bonchev–Trinajstić information content (AvgIpc) is 2.85. The molecule has 17 heavy (non-hydrogen) atoms. The Bertz CT molecular complexity index is 696. The molecule has 0 radical (unpaired) electrons. The zero-order valence-electron chi connectivity index (χ0n) is 9.55. The van der Waals surface area contributed by atoms with Crippen LogP contribution in [0.5, 0.6) is 0 Å². The van der Waals surface area contributed by atoms with Gasteiger partial charge in [-0.15, -0.1) is 0 Å². The topological polar surface area (TPSA) is 35.6 Å². The third-order valence-corrected chi connectivity index (χ3v) is 3.66. The van der Waals surface area contributed by atoms with Crippen LogP contribution < -0.4 is 0 Å². The maximum atomic E-state index is 4.32. The predicted octanol–water partition coefficient (Wildman–Crippen LogP) is 2.58. The maximum absolute atomic E-state index is 4.32. The van der Waals surface area contributed by atoms with E-state index in [1.807, 2.05) is 7.05 Å². The van der Waals surface area contributed by atoms with Gasteiger partial charge in [0.2, 0.25) is 0 Å². The molecule has 0 aliphatic carbocycles. The first-order valence-electron chi connectivity index (χ1n) is 5.26. The number of aryl methyl sites for hydroxylation is 2. The van der Waals surface area contributed by atoms with E-state index in [9.17, 15) is 0 Å².